The zero-order valence-electron chi connectivity index (χ0n) is 12.2. The van der Waals surface area contributed by atoms with Crippen LogP contribution >= 0.6 is 0 Å². The number of nitrogens with two attached hydrogens (primary N) is 1. The standard InChI is InChI=1S/C14H25N3O2S/c1-12(2)20(18,19)17-10-5-3-4-9-16-14-8-6-7-13(15)11-14/h6-8,11-12,16-17H,3-5,9-10,15H2,1-2H3. The van der Waals surface area contributed by atoms with E-state index in [2.05, 4.69) is 10.0 Å². The van der Waals surface area contributed by atoms with Gasteiger partial charge in [0.15, 0.2) is 0 Å². The molecule has 0 amide bonds. The van der Waals surface area contributed by atoms with Gasteiger partial charge in [-0.3, -0.25) is 0 Å². The molecule has 0 aliphatic heterocycles. The zero-order chi connectivity index (χ0) is 15.0. The quantitative estimate of drug-likeness (QED) is 0.482. The maximum Gasteiger partial charge on any atom is 0.213 e. The van der Waals surface area contributed by atoms with Crippen LogP contribution in [-0.2, 0) is 10.0 Å². The molecule has 0 bridgehead atoms. The first-order valence-electron chi connectivity index (χ1n) is 7.00. The van der Waals surface area contributed by atoms with Gasteiger partial charge in [0.25, 0.3) is 0 Å². The second-order valence-corrected chi connectivity index (χ2v) is 7.42. The Morgan fingerprint density at radius 1 is 1.15 bits per heavy atom. The van der Waals surface area contributed by atoms with Gasteiger partial charge in [-0.25, -0.2) is 13.1 Å². The molecule has 0 aliphatic rings. The van der Waals surface area contributed by atoms with Crippen molar-refractivity contribution in [1.82, 2.24) is 4.72 Å². The van der Waals surface area contributed by atoms with Gasteiger partial charge in [0.2, 0.25) is 10.0 Å². The van der Waals surface area contributed by atoms with Crippen molar-refractivity contribution in [2.75, 3.05) is 24.1 Å². The SMILES string of the molecule is CC(C)S(=O)(=O)NCCCCCNc1cccc(N)c1. The molecular formula is C14H25N3O2S. The summed E-state index contributed by atoms with van der Waals surface area (Å²) in [5.41, 5.74) is 7.46. The Bertz CT molecular complexity index is 501. The van der Waals surface area contributed by atoms with Gasteiger partial charge in [-0.1, -0.05) is 12.5 Å². The highest BCUT2D eigenvalue weighted by Gasteiger charge is 2.13. The van der Waals surface area contributed by atoms with Gasteiger partial charge in [0.1, 0.15) is 0 Å². The molecule has 5 nitrogen and oxygen atoms in total. The first kappa shape index (κ1) is 16.8. The Hall–Kier alpha value is -1.27. The largest absolute Gasteiger partial charge is 0.399 e. The summed E-state index contributed by atoms with van der Waals surface area (Å²) < 4.78 is 25.6. The van der Waals surface area contributed by atoms with E-state index in [-0.39, 0.29) is 5.25 Å². The Labute approximate surface area is 122 Å². The lowest BCUT2D eigenvalue weighted by molar-refractivity contribution is 0.566. The molecule has 0 spiro atoms. The van der Waals surface area contributed by atoms with Crippen molar-refractivity contribution in [3.05, 3.63) is 24.3 Å². The number of anilines is 2. The van der Waals surface area contributed by atoms with Gasteiger partial charge in [-0.2, -0.15) is 0 Å². The summed E-state index contributed by atoms with van der Waals surface area (Å²) in [6.07, 6.45) is 2.83. The van der Waals surface area contributed by atoms with Crippen molar-refractivity contribution < 1.29 is 8.42 Å². The summed E-state index contributed by atoms with van der Waals surface area (Å²) in [5.74, 6) is 0. The van der Waals surface area contributed by atoms with E-state index in [0.29, 0.717) is 6.54 Å². The lowest BCUT2D eigenvalue weighted by atomic mass is 10.2. The second kappa shape index (κ2) is 8.11. The number of unbranched alkanes of at least 4 members (excludes halogenated alkanes) is 2. The molecule has 0 unspecified atom stereocenters. The minimum atomic E-state index is -3.12. The van der Waals surface area contributed by atoms with Crippen molar-refractivity contribution in [3.8, 4) is 0 Å². The number of nitrogens with one attached hydrogen (secondary N) is 2. The molecule has 0 heterocycles. The number of benzene rings is 1. The Morgan fingerprint density at radius 2 is 1.85 bits per heavy atom. The molecule has 1 aromatic rings. The van der Waals surface area contributed by atoms with Crippen LogP contribution in [0.1, 0.15) is 33.1 Å². The van der Waals surface area contributed by atoms with Crippen molar-refractivity contribution in [3.63, 3.8) is 0 Å². The van der Waals surface area contributed by atoms with E-state index in [9.17, 15) is 8.42 Å². The number of hydrogen-bond acceptors (Lipinski definition) is 4. The summed E-state index contributed by atoms with van der Waals surface area (Å²) in [6, 6.07) is 7.65. The fraction of sp³-hybridized carbons (Fsp3) is 0.571. The lowest BCUT2D eigenvalue weighted by Gasteiger charge is -2.09. The zero-order valence-corrected chi connectivity index (χ0v) is 13.0. The second-order valence-electron chi connectivity index (χ2n) is 5.10. The van der Waals surface area contributed by atoms with Crippen molar-refractivity contribution >= 4 is 21.4 Å². The number of rotatable bonds is 9. The highest BCUT2D eigenvalue weighted by atomic mass is 32.2. The molecule has 0 saturated carbocycles. The molecule has 114 valence electrons. The van der Waals surface area contributed by atoms with Crippen LogP contribution < -0.4 is 15.8 Å². The van der Waals surface area contributed by atoms with Crippen LogP contribution in [0.25, 0.3) is 0 Å². The van der Waals surface area contributed by atoms with E-state index < -0.39 is 10.0 Å². The smallest absolute Gasteiger partial charge is 0.213 e. The lowest BCUT2D eigenvalue weighted by Crippen LogP contribution is -2.31. The molecule has 0 saturated heterocycles. The van der Waals surface area contributed by atoms with Crippen LogP contribution in [0.15, 0.2) is 24.3 Å². The summed E-state index contributed by atoms with van der Waals surface area (Å²) in [4.78, 5) is 0. The number of hydrogen-bond donors (Lipinski definition) is 3. The van der Waals surface area contributed by atoms with Crippen molar-refractivity contribution in [2.24, 2.45) is 0 Å². The predicted octanol–water partition coefficient (Wildman–Crippen LogP) is 2.18. The average Bonchev–Trinajstić information content (AvgIpc) is 2.37. The molecule has 6 heteroatoms. The molecule has 1 rings (SSSR count). The minimum absolute atomic E-state index is 0.368. The van der Waals surface area contributed by atoms with E-state index in [1.807, 2.05) is 24.3 Å². The third-order valence-corrected chi connectivity index (χ3v) is 4.84. The van der Waals surface area contributed by atoms with Crippen molar-refractivity contribution in [1.29, 1.82) is 0 Å². The van der Waals surface area contributed by atoms with Gasteiger partial charge < -0.3 is 11.1 Å². The van der Waals surface area contributed by atoms with Crippen LogP contribution in [0.3, 0.4) is 0 Å². The Morgan fingerprint density at radius 3 is 2.50 bits per heavy atom. The summed E-state index contributed by atoms with van der Waals surface area (Å²) in [6.45, 7) is 4.73. The van der Waals surface area contributed by atoms with Crippen LogP contribution in [0.5, 0.6) is 0 Å². The molecule has 0 atom stereocenters. The molecular weight excluding hydrogens is 274 g/mol. The maximum atomic E-state index is 11.5. The third kappa shape index (κ3) is 6.25. The normalized spacial score (nSPS) is 11.8. The first-order valence-corrected chi connectivity index (χ1v) is 8.54. The van der Waals surface area contributed by atoms with Crippen LogP contribution in [0.4, 0.5) is 11.4 Å². The van der Waals surface area contributed by atoms with Gasteiger partial charge in [0, 0.05) is 24.5 Å². The van der Waals surface area contributed by atoms with E-state index in [1.54, 1.807) is 13.8 Å². The van der Waals surface area contributed by atoms with Crippen molar-refractivity contribution in [2.45, 2.75) is 38.4 Å². The van der Waals surface area contributed by atoms with E-state index in [0.717, 1.165) is 37.2 Å². The molecule has 0 aliphatic carbocycles. The predicted molar refractivity (Wildman–Crippen MR) is 85.3 cm³/mol. The minimum Gasteiger partial charge on any atom is -0.399 e. The van der Waals surface area contributed by atoms with Crippen LogP contribution in [0, 0.1) is 0 Å². The molecule has 0 fully saturated rings. The van der Waals surface area contributed by atoms with Gasteiger partial charge in [-0.15, -0.1) is 0 Å². The average molecular weight is 299 g/mol. The fourth-order valence-electron chi connectivity index (χ4n) is 1.69. The van der Waals surface area contributed by atoms with E-state index in [4.69, 9.17) is 5.73 Å². The van der Waals surface area contributed by atoms with E-state index in [1.165, 1.54) is 0 Å². The summed E-state index contributed by atoms with van der Waals surface area (Å²) in [7, 11) is -3.12. The third-order valence-electron chi connectivity index (χ3n) is 2.99. The van der Waals surface area contributed by atoms with Crippen LogP contribution in [0.2, 0.25) is 0 Å². The molecule has 0 aromatic heterocycles. The Balaban J connectivity index is 2.09. The van der Waals surface area contributed by atoms with Gasteiger partial charge in [-0.05, 0) is 44.9 Å². The fourth-order valence-corrected chi connectivity index (χ4v) is 2.45. The molecule has 1 aromatic carbocycles. The number of sulfonamides is 1. The molecule has 20 heavy (non-hydrogen) atoms. The summed E-state index contributed by atoms with van der Waals surface area (Å²) in [5, 5.41) is 2.92. The monoisotopic (exact) mass is 299 g/mol. The topological polar surface area (TPSA) is 84.2 Å². The van der Waals surface area contributed by atoms with Gasteiger partial charge in [0.05, 0.1) is 5.25 Å². The van der Waals surface area contributed by atoms with E-state index >= 15 is 0 Å². The summed E-state index contributed by atoms with van der Waals surface area (Å²) >= 11 is 0. The van der Waals surface area contributed by atoms with Crippen LogP contribution in [-0.4, -0.2) is 26.8 Å². The molecule has 0 radical (unpaired) electrons. The highest BCUT2D eigenvalue weighted by molar-refractivity contribution is 7.90. The highest BCUT2D eigenvalue weighted by Crippen LogP contribution is 2.11. The molecule has 4 N–H and O–H groups in total. The Kier molecular flexibility index (Phi) is 6.81. The van der Waals surface area contributed by atoms with Gasteiger partial charge >= 0.3 is 0 Å². The maximum absolute atomic E-state index is 11.5. The first-order chi connectivity index (χ1) is 9.42. The number of nitrogen functional groups attached to an aromatic ring is 1.